The normalized spacial score (nSPS) is 33.3. The molecule has 7 heteroatoms. The van der Waals surface area contributed by atoms with E-state index in [1.807, 2.05) is 24.0 Å². The Kier molecular flexibility index (Phi) is 6.54. The average molecular weight is 495 g/mol. The molecule has 4 amide bonds. The van der Waals surface area contributed by atoms with Crippen molar-refractivity contribution in [2.75, 3.05) is 18.4 Å². The Labute approximate surface area is 215 Å². The van der Waals surface area contributed by atoms with Crippen LogP contribution in [-0.2, 0) is 4.79 Å². The first-order chi connectivity index (χ1) is 17.1. The molecule has 1 aromatic carbocycles. The Bertz CT molecular complexity index is 996. The van der Waals surface area contributed by atoms with Gasteiger partial charge >= 0.3 is 6.03 Å². The van der Waals surface area contributed by atoms with Crippen molar-refractivity contribution < 1.29 is 14.4 Å². The number of hydrogen-bond donors (Lipinski definition) is 3. The van der Waals surface area contributed by atoms with Gasteiger partial charge in [0.15, 0.2) is 0 Å². The van der Waals surface area contributed by atoms with Gasteiger partial charge in [0.1, 0.15) is 0 Å². The van der Waals surface area contributed by atoms with Gasteiger partial charge in [-0.3, -0.25) is 9.59 Å². The summed E-state index contributed by atoms with van der Waals surface area (Å²) in [5.41, 5.74) is 1.92. The molecule has 6 rings (SSSR count). The molecular formula is C29H42N4O3. The number of carbonyl (C=O) groups is 3. The monoisotopic (exact) mass is 494 g/mol. The van der Waals surface area contributed by atoms with Gasteiger partial charge < -0.3 is 20.9 Å². The van der Waals surface area contributed by atoms with Crippen LogP contribution < -0.4 is 16.0 Å². The van der Waals surface area contributed by atoms with Crippen LogP contribution in [0, 0.1) is 16.7 Å². The first-order valence-corrected chi connectivity index (χ1v) is 13.9. The summed E-state index contributed by atoms with van der Waals surface area (Å²) in [6, 6.07) is 7.21. The third kappa shape index (κ3) is 5.25. The summed E-state index contributed by atoms with van der Waals surface area (Å²) < 4.78 is 0. The Morgan fingerprint density at radius 1 is 0.944 bits per heavy atom. The SMILES string of the molecule is CCCC(=O)NC1CCN(C(=O)c2ccc(NC(=O)NC34CC5CC(C)(CC(C)(C5)C3)C4)cc2)CC1. The topological polar surface area (TPSA) is 90.5 Å². The predicted molar refractivity (Wildman–Crippen MR) is 141 cm³/mol. The summed E-state index contributed by atoms with van der Waals surface area (Å²) in [7, 11) is 0. The number of amides is 4. The van der Waals surface area contributed by atoms with Crippen LogP contribution in [0.15, 0.2) is 24.3 Å². The number of rotatable bonds is 6. The average Bonchev–Trinajstić information content (AvgIpc) is 2.77. The van der Waals surface area contributed by atoms with Gasteiger partial charge in [0.25, 0.3) is 5.91 Å². The van der Waals surface area contributed by atoms with Crippen molar-refractivity contribution in [1.82, 2.24) is 15.5 Å². The van der Waals surface area contributed by atoms with Crippen molar-refractivity contribution in [3.05, 3.63) is 29.8 Å². The van der Waals surface area contributed by atoms with Crippen molar-refractivity contribution in [3.63, 3.8) is 0 Å². The number of carbonyl (C=O) groups excluding carboxylic acids is 3. The van der Waals surface area contributed by atoms with E-state index in [2.05, 4.69) is 29.8 Å². The molecule has 4 saturated carbocycles. The summed E-state index contributed by atoms with van der Waals surface area (Å²) in [4.78, 5) is 39.7. The summed E-state index contributed by atoms with van der Waals surface area (Å²) >= 11 is 0. The second-order valence-corrected chi connectivity index (χ2v) is 13.0. The molecule has 5 fully saturated rings. The molecule has 0 spiro atoms. The lowest BCUT2D eigenvalue weighted by atomic mass is 9.43. The Morgan fingerprint density at radius 2 is 1.58 bits per heavy atom. The number of nitrogens with one attached hydrogen (secondary N) is 3. The van der Waals surface area contributed by atoms with Crippen LogP contribution in [-0.4, -0.2) is 47.4 Å². The minimum absolute atomic E-state index is 0.000564. The molecule has 1 aromatic rings. The molecule has 4 bridgehead atoms. The second kappa shape index (κ2) is 9.38. The van der Waals surface area contributed by atoms with Crippen LogP contribution in [0.1, 0.15) is 95.3 Å². The molecule has 1 saturated heterocycles. The molecule has 1 heterocycles. The van der Waals surface area contributed by atoms with E-state index in [-0.39, 0.29) is 29.4 Å². The maximum atomic E-state index is 13.0. The van der Waals surface area contributed by atoms with Crippen molar-refractivity contribution in [2.45, 2.75) is 96.6 Å². The molecule has 2 unspecified atom stereocenters. The van der Waals surface area contributed by atoms with Gasteiger partial charge in [0, 0.05) is 42.3 Å². The first-order valence-electron chi connectivity index (χ1n) is 13.9. The minimum atomic E-state index is -0.143. The van der Waals surface area contributed by atoms with Gasteiger partial charge in [-0.25, -0.2) is 4.79 Å². The molecule has 0 aromatic heterocycles. The first kappa shape index (κ1) is 25.1. The number of benzene rings is 1. The van der Waals surface area contributed by atoms with Gasteiger partial charge in [0.05, 0.1) is 0 Å². The van der Waals surface area contributed by atoms with Crippen LogP contribution in [0.3, 0.4) is 0 Å². The number of likely N-dealkylation sites (tertiary alicyclic amines) is 1. The van der Waals surface area contributed by atoms with E-state index >= 15 is 0 Å². The van der Waals surface area contributed by atoms with Crippen molar-refractivity contribution >= 4 is 23.5 Å². The zero-order valence-corrected chi connectivity index (χ0v) is 22.1. The fourth-order valence-corrected chi connectivity index (χ4v) is 8.62. The molecule has 3 N–H and O–H groups in total. The predicted octanol–water partition coefficient (Wildman–Crippen LogP) is 5.08. The number of nitrogens with zero attached hydrogens (tertiary/aromatic N) is 1. The largest absolute Gasteiger partial charge is 0.353 e. The number of piperidine rings is 1. The molecule has 5 aliphatic rings. The van der Waals surface area contributed by atoms with Crippen LogP contribution in [0.25, 0.3) is 0 Å². The van der Waals surface area contributed by atoms with E-state index in [1.165, 1.54) is 19.3 Å². The van der Waals surface area contributed by atoms with Crippen LogP contribution in [0.5, 0.6) is 0 Å². The third-order valence-corrected chi connectivity index (χ3v) is 9.02. The fraction of sp³-hybridized carbons (Fsp3) is 0.690. The summed E-state index contributed by atoms with van der Waals surface area (Å²) in [6.07, 6.45) is 10.1. The van der Waals surface area contributed by atoms with Crippen molar-refractivity contribution in [3.8, 4) is 0 Å². The van der Waals surface area contributed by atoms with Crippen LogP contribution >= 0.6 is 0 Å². The van der Waals surface area contributed by atoms with E-state index in [9.17, 15) is 14.4 Å². The lowest BCUT2D eigenvalue weighted by Gasteiger charge is -2.65. The molecule has 36 heavy (non-hydrogen) atoms. The highest BCUT2D eigenvalue weighted by Crippen LogP contribution is 2.66. The van der Waals surface area contributed by atoms with Crippen LogP contribution in [0.2, 0.25) is 0 Å². The molecule has 4 aliphatic carbocycles. The van der Waals surface area contributed by atoms with Crippen molar-refractivity contribution in [1.29, 1.82) is 0 Å². The molecular weight excluding hydrogens is 452 g/mol. The summed E-state index contributed by atoms with van der Waals surface area (Å²) in [5, 5.41) is 9.46. The maximum Gasteiger partial charge on any atom is 0.319 e. The lowest BCUT2D eigenvalue weighted by Crippen LogP contribution is -2.65. The zero-order chi connectivity index (χ0) is 25.6. The van der Waals surface area contributed by atoms with Gasteiger partial charge in [0.2, 0.25) is 5.91 Å². The number of anilines is 1. The second-order valence-electron chi connectivity index (χ2n) is 13.0. The molecule has 0 radical (unpaired) electrons. The molecule has 2 atom stereocenters. The standard InChI is InChI=1S/C29H42N4O3/c1-4-5-24(34)30-23-10-12-33(13-11-23)25(35)21-6-8-22(9-7-21)31-26(36)32-29-16-20-14-27(2,18-29)17-28(3,15-20)19-29/h6-9,20,23H,4-5,10-19H2,1-3H3,(H,30,34)(H2,31,32,36). The van der Waals surface area contributed by atoms with Gasteiger partial charge in [-0.15, -0.1) is 0 Å². The van der Waals surface area contributed by atoms with Gasteiger partial charge in [-0.05, 0) is 98.8 Å². The minimum Gasteiger partial charge on any atom is -0.353 e. The maximum absolute atomic E-state index is 13.0. The lowest BCUT2D eigenvalue weighted by molar-refractivity contribution is -0.122. The van der Waals surface area contributed by atoms with Crippen molar-refractivity contribution in [2.24, 2.45) is 16.7 Å². The van der Waals surface area contributed by atoms with E-state index in [1.54, 1.807) is 12.1 Å². The highest BCUT2D eigenvalue weighted by atomic mass is 16.2. The zero-order valence-electron chi connectivity index (χ0n) is 22.1. The Morgan fingerprint density at radius 3 is 2.17 bits per heavy atom. The van der Waals surface area contributed by atoms with E-state index in [0.29, 0.717) is 41.6 Å². The van der Waals surface area contributed by atoms with E-state index < -0.39 is 0 Å². The summed E-state index contributed by atoms with van der Waals surface area (Å²) in [6.45, 7) is 8.09. The molecule has 1 aliphatic heterocycles. The Balaban J connectivity index is 1.13. The summed E-state index contributed by atoms with van der Waals surface area (Å²) in [5.74, 6) is 0.819. The van der Waals surface area contributed by atoms with E-state index in [0.717, 1.165) is 44.4 Å². The Hall–Kier alpha value is -2.57. The highest BCUT2D eigenvalue weighted by molar-refractivity contribution is 5.95. The fourth-order valence-electron chi connectivity index (χ4n) is 8.62. The van der Waals surface area contributed by atoms with Crippen LogP contribution in [0.4, 0.5) is 10.5 Å². The quantitative estimate of drug-likeness (QED) is 0.515. The molecule has 196 valence electrons. The van der Waals surface area contributed by atoms with E-state index in [4.69, 9.17) is 0 Å². The van der Waals surface area contributed by atoms with Gasteiger partial charge in [-0.1, -0.05) is 20.8 Å². The number of urea groups is 1. The smallest absolute Gasteiger partial charge is 0.319 e. The third-order valence-electron chi connectivity index (χ3n) is 9.02. The highest BCUT2D eigenvalue weighted by Gasteiger charge is 2.60. The molecule has 7 nitrogen and oxygen atoms in total. The number of hydrogen-bond acceptors (Lipinski definition) is 3. The van der Waals surface area contributed by atoms with Gasteiger partial charge in [-0.2, -0.15) is 0 Å².